The molecule has 1 aliphatic carbocycles. The van der Waals surface area contributed by atoms with Gasteiger partial charge in [-0.05, 0) is 87.7 Å². The summed E-state index contributed by atoms with van der Waals surface area (Å²) in [7, 11) is -4.15. The summed E-state index contributed by atoms with van der Waals surface area (Å²) in [6.07, 6.45) is 5.07. The summed E-state index contributed by atoms with van der Waals surface area (Å²) in [5.74, 6) is -0.201. The summed E-state index contributed by atoms with van der Waals surface area (Å²) in [6.45, 7) is 5.45. The van der Waals surface area contributed by atoms with E-state index < -0.39 is 28.5 Å². The minimum atomic E-state index is -4.15. The molecule has 0 aliphatic heterocycles. The highest BCUT2D eigenvalue weighted by Gasteiger charge is 2.33. The van der Waals surface area contributed by atoms with Gasteiger partial charge in [0, 0.05) is 17.6 Å². The molecule has 0 bridgehead atoms. The fourth-order valence-corrected chi connectivity index (χ4v) is 6.85. The van der Waals surface area contributed by atoms with Crippen LogP contribution < -0.4 is 14.4 Å². The second-order valence-electron chi connectivity index (χ2n) is 10.9. The first-order valence-corrected chi connectivity index (χ1v) is 16.6. The number of amides is 2. The van der Waals surface area contributed by atoms with Crippen molar-refractivity contribution in [3.63, 3.8) is 0 Å². The molecule has 1 N–H and O–H groups in total. The van der Waals surface area contributed by atoms with Crippen molar-refractivity contribution < 1.29 is 22.7 Å². The lowest BCUT2D eigenvalue weighted by Gasteiger charge is -2.33. The Morgan fingerprint density at radius 1 is 1.00 bits per heavy atom. The lowest BCUT2D eigenvalue weighted by atomic mass is 9.95. The largest absolute Gasteiger partial charge is 0.494 e. The van der Waals surface area contributed by atoms with E-state index in [4.69, 9.17) is 16.3 Å². The molecule has 3 aromatic rings. The first-order valence-electron chi connectivity index (χ1n) is 14.7. The van der Waals surface area contributed by atoms with E-state index in [1.807, 2.05) is 19.9 Å². The second kappa shape index (κ2) is 14.8. The summed E-state index contributed by atoms with van der Waals surface area (Å²) in [5, 5.41) is 3.61. The Morgan fingerprint density at radius 3 is 2.30 bits per heavy atom. The van der Waals surface area contributed by atoms with Gasteiger partial charge in [0.1, 0.15) is 18.3 Å². The molecule has 0 saturated heterocycles. The molecule has 0 aromatic heterocycles. The Balaban J connectivity index is 1.68. The zero-order valence-electron chi connectivity index (χ0n) is 25.0. The van der Waals surface area contributed by atoms with Crippen molar-refractivity contribution in [2.75, 3.05) is 17.5 Å². The molecular formula is C33H40ClN3O5S. The monoisotopic (exact) mass is 625 g/mol. The van der Waals surface area contributed by atoms with Crippen LogP contribution in [0.25, 0.3) is 0 Å². The molecular weight excluding hydrogens is 586 g/mol. The van der Waals surface area contributed by atoms with Gasteiger partial charge in [-0.3, -0.25) is 13.9 Å². The molecule has 1 saturated carbocycles. The molecule has 1 aliphatic rings. The van der Waals surface area contributed by atoms with Crippen LogP contribution in [0.3, 0.4) is 0 Å². The van der Waals surface area contributed by atoms with Gasteiger partial charge in [-0.25, -0.2) is 8.42 Å². The van der Waals surface area contributed by atoms with Crippen molar-refractivity contribution in [1.82, 2.24) is 10.2 Å². The van der Waals surface area contributed by atoms with Crippen LogP contribution in [0.5, 0.6) is 5.75 Å². The van der Waals surface area contributed by atoms with Gasteiger partial charge in [-0.15, -0.1) is 0 Å². The van der Waals surface area contributed by atoms with E-state index in [1.165, 1.54) is 17.0 Å². The van der Waals surface area contributed by atoms with Gasteiger partial charge in [-0.2, -0.15) is 0 Å². The van der Waals surface area contributed by atoms with Gasteiger partial charge in [0.05, 0.1) is 17.2 Å². The van der Waals surface area contributed by atoms with Crippen LogP contribution >= 0.6 is 11.6 Å². The molecule has 1 unspecified atom stereocenters. The number of hydrogen-bond donors (Lipinski definition) is 1. The van der Waals surface area contributed by atoms with E-state index >= 15 is 0 Å². The fraction of sp³-hybridized carbons (Fsp3) is 0.394. The van der Waals surface area contributed by atoms with Crippen LogP contribution in [0, 0.1) is 6.92 Å². The third kappa shape index (κ3) is 8.51. The quantitative estimate of drug-likeness (QED) is 0.262. The number of nitrogens with zero attached hydrogens (tertiary/aromatic N) is 2. The maximum Gasteiger partial charge on any atom is 0.264 e. The number of halogens is 1. The third-order valence-corrected chi connectivity index (χ3v) is 9.71. The minimum Gasteiger partial charge on any atom is -0.494 e. The van der Waals surface area contributed by atoms with Crippen LogP contribution in [0.1, 0.15) is 57.1 Å². The van der Waals surface area contributed by atoms with Gasteiger partial charge in [0.15, 0.2) is 0 Å². The highest BCUT2D eigenvalue weighted by Crippen LogP contribution is 2.27. The molecule has 3 aromatic carbocycles. The molecule has 10 heteroatoms. The van der Waals surface area contributed by atoms with Gasteiger partial charge in [0.25, 0.3) is 10.0 Å². The van der Waals surface area contributed by atoms with Gasteiger partial charge >= 0.3 is 0 Å². The molecule has 1 atom stereocenters. The SMILES string of the molecule is CCOc1ccc(N(CC(=O)N(Cc2cccc(Cl)c2)C(C)C(=O)NC2CCCCC2)S(=O)(=O)c2ccc(C)cc2)cc1. The Hall–Kier alpha value is -3.56. The van der Waals surface area contributed by atoms with E-state index in [0.717, 1.165) is 47.5 Å². The molecule has 4 rings (SSSR count). The zero-order valence-corrected chi connectivity index (χ0v) is 26.5. The molecule has 43 heavy (non-hydrogen) atoms. The maximum atomic E-state index is 14.1. The van der Waals surface area contributed by atoms with Crippen LogP contribution in [-0.4, -0.2) is 50.4 Å². The summed E-state index contributed by atoms with van der Waals surface area (Å²) in [6, 6.07) is 19.4. The molecule has 8 nitrogen and oxygen atoms in total. The number of ether oxygens (including phenoxy) is 1. The van der Waals surface area contributed by atoms with Gasteiger partial charge in [0.2, 0.25) is 11.8 Å². The normalized spacial score (nSPS) is 14.5. The Kier molecular flexibility index (Phi) is 11.1. The molecule has 0 heterocycles. The number of sulfonamides is 1. The van der Waals surface area contributed by atoms with Crippen LogP contribution in [0.2, 0.25) is 5.02 Å². The van der Waals surface area contributed by atoms with Crippen molar-refractivity contribution in [2.45, 2.75) is 76.4 Å². The van der Waals surface area contributed by atoms with Gasteiger partial charge < -0.3 is 15.0 Å². The van der Waals surface area contributed by atoms with Crippen molar-refractivity contribution in [3.8, 4) is 5.75 Å². The fourth-order valence-electron chi connectivity index (χ4n) is 5.22. The standard InChI is InChI=1S/C33H40ClN3O5S/c1-4-42-30-17-15-29(16-18-30)37(43(40,41)31-19-13-24(2)14-20-31)23-32(38)36(22-26-9-8-10-27(34)21-26)25(3)33(39)35-28-11-6-5-7-12-28/h8-10,13-21,25,28H,4-7,11-12,22-23H2,1-3H3,(H,35,39). The number of anilines is 1. The molecule has 0 radical (unpaired) electrons. The summed E-state index contributed by atoms with van der Waals surface area (Å²) in [5.41, 5.74) is 1.94. The van der Waals surface area contributed by atoms with E-state index in [2.05, 4.69) is 5.32 Å². The van der Waals surface area contributed by atoms with E-state index in [0.29, 0.717) is 23.1 Å². The van der Waals surface area contributed by atoms with Crippen LogP contribution in [0.15, 0.2) is 77.7 Å². The average molecular weight is 626 g/mol. The van der Waals surface area contributed by atoms with Crippen molar-refractivity contribution in [1.29, 1.82) is 0 Å². The van der Waals surface area contributed by atoms with Crippen LogP contribution in [-0.2, 0) is 26.2 Å². The molecule has 230 valence electrons. The highest BCUT2D eigenvalue weighted by atomic mass is 35.5. The number of aryl methyl sites for hydroxylation is 1. The number of rotatable bonds is 12. The van der Waals surface area contributed by atoms with Crippen LogP contribution in [0.4, 0.5) is 5.69 Å². The number of carbonyl (C=O) groups excluding carboxylic acids is 2. The van der Waals surface area contributed by atoms with Crippen molar-refractivity contribution >= 4 is 39.1 Å². The summed E-state index contributed by atoms with van der Waals surface area (Å²) in [4.78, 5) is 29.1. The Bertz CT molecular complexity index is 1490. The second-order valence-corrected chi connectivity index (χ2v) is 13.2. The minimum absolute atomic E-state index is 0.0595. The third-order valence-electron chi connectivity index (χ3n) is 7.68. The average Bonchev–Trinajstić information content (AvgIpc) is 2.99. The predicted octanol–water partition coefficient (Wildman–Crippen LogP) is 6.11. The molecule has 2 amide bonds. The van der Waals surface area contributed by atoms with Crippen molar-refractivity contribution in [3.05, 3.63) is 88.9 Å². The Morgan fingerprint density at radius 2 is 1.67 bits per heavy atom. The molecule has 1 fully saturated rings. The van der Waals surface area contributed by atoms with Gasteiger partial charge in [-0.1, -0.05) is 60.7 Å². The summed E-state index contributed by atoms with van der Waals surface area (Å²) < 4.78 is 34.6. The predicted molar refractivity (Wildman–Crippen MR) is 170 cm³/mol. The molecule has 0 spiro atoms. The zero-order chi connectivity index (χ0) is 31.0. The summed E-state index contributed by atoms with van der Waals surface area (Å²) >= 11 is 6.24. The lowest BCUT2D eigenvalue weighted by Crippen LogP contribution is -2.53. The maximum absolute atomic E-state index is 14.1. The number of benzene rings is 3. The first kappa shape index (κ1) is 32.4. The van der Waals surface area contributed by atoms with E-state index in [9.17, 15) is 18.0 Å². The van der Waals surface area contributed by atoms with Crippen molar-refractivity contribution in [2.24, 2.45) is 0 Å². The first-order chi connectivity index (χ1) is 20.6. The van der Waals surface area contributed by atoms with E-state index in [-0.39, 0.29) is 23.4 Å². The smallest absolute Gasteiger partial charge is 0.264 e. The Labute approximate surface area is 260 Å². The van der Waals surface area contributed by atoms with E-state index in [1.54, 1.807) is 61.5 Å². The topological polar surface area (TPSA) is 96.0 Å². The highest BCUT2D eigenvalue weighted by molar-refractivity contribution is 7.92. The number of nitrogens with one attached hydrogen (secondary N) is 1. The number of hydrogen-bond acceptors (Lipinski definition) is 5. The number of carbonyl (C=O) groups is 2. The lowest BCUT2D eigenvalue weighted by molar-refractivity contribution is -0.139.